The molecule has 1 saturated heterocycles. The van der Waals surface area contributed by atoms with Crippen molar-refractivity contribution < 1.29 is 14.7 Å². The third-order valence-corrected chi connectivity index (χ3v) is 4.74. The number of carboxylic acid groups (broad SMARTS) is 1. The molecule has 0 radical (unpaired) electrons. The van der Waals surface area contributed by atoms with Gasteiger partial charge in [0.1, 0.15) is 0 Å². The number of hydrogen-bond acceptors (Lipinski definition) is 5. The number of fused-ring (bicyclic) bond motifs is 1. The van der Waals surface area contributed by atoms with Crippen molar-refractivity contribution in [1.29, 1.82) is 0 Å². The average molecular weight is 356 g/mol. The number of anilines is 1. The number of nitrogens with zero attached hydrogens (tertiary/aromatic N) is 3. The molecule has 138 valence electrons. The minimum Gasteiger partial charge on any atom is -0.481 e. The molecule has 26 heavy (non-hydrogen) atoms. The summed E-state index contributed by atoms with van der Waals surface area (Å²) in [5, 5.41) is 12.8. The van der Waals surface area contributed by atoms with Crippen LogP contribution in [0.2, 0.25) is 0 Å². The molecule has 0 unspecified atom stereocenters. The maximum atomic E-state index is 12.0. The SMILES string of the molecule is Cc1ncc(N2C[C@@H](C)C[C@@H](NC(=O)CCC(=O)O)C2)c2cccnc12. The maximum Gasteiger partial charge on any atom is 0.303 e. The quantitative estimate of drug-likeness (QED) is 0.852. The van der Waals surface area contributed by atoms with Crippen LogP contribution in [0.4, 0.5) is 5.69 Å². The molecular formula is C19H24N4O3. The Balaban J connectivity index is 1.78. The second-order valence-corrected chi connectivity index (χ2v) is 7.03. The van der Waals surface area contributed by atoms with Gasteiger partial charge in [0.15, 0.2) is 0 Å². The molecular weight excluding hydrogens is 332 g/mol. The highest BCUT2D eigenvalue weighted by molar-refractivity contribution is 5.92. The Morgan fingerprint density at radius 2 is 2.12 bits per heavy atom. The Bertz CT molecular complexity index is 824. The molecule has 0 saturated carbocycles. The molecule has 0 aliphatic carbocycles. The molecule has 1 fully saturated rings. The van der Waals surface area contributed by atoms with Crippen molar-refractivity contribution >= 4 is 28.5 Å². The largest absolute Gasteiger partial charge is 0.481 e. The third-order valence-electron chi connectivity index (χ3n) is 4.74. The highest BCUT2D eigenvalue weighted by Gasteiger charge is 2.27. The Morgan fingerprint density at radius 1 is 1.31 bits per heavy atom. The van der Waals surface area contributed by atoms with E-state index in [-0.39, 0.29) is 24.8 Å². The first-order valence-electron chi connectivity index (χ1n) is 8.90. The van der Waals surface area contributed by atoms with Gasteiger partial charge in [0.2, 0.25) is 5.91 Å². The zero-order chi connectivity index (χ0) is 18.7. The third kappa shape index (κ3) is 4.09. The predicted molar refractivity (Wildman–Crippen MR) is 99.1 cm³/mol. The summed E-state index contributed by atoms with van der Waals surface area (Å²) in [4.78, 5) is 33.8. The molecule has 2 atom stereocenters. The molecule has 2 aromatic rings. The van der Waals surface area contributed by atoms with Crippen LogP contribution < -0.4 is 10.2 Å². The topological polar surface area (TPSA) is 95.4 Å². The summed E-state index contributed by atoms with van der Waals surface area (Å²) < 4.78 is 0. The minimum atomic E-state index is -0.955. The molecule has 7 nitrogen and oxygen atoms in total. The van der Waals surface area contributed by atoms with Gasteiger partial charge in [-0.1, -0.05) is 6.92 Å². The fraction of sp³-hybridized carbons (Fsp3) is 0.474. The molecule has 1 amide bonds. The fourth-order valence-electron chi connectivity index (χ4n) is 3.61. The summed E-state index contributed by atoms with van der Waals surface area (Å²) in [5.74, 6) is -0.759. The summed E-state index contributed by atoms with van der Waals surface area (Å²) >= 11 is 0. The van der Waals surface area contributed by atoms with Gasteiger partial charge in [-0.15, -0.1) is 0 Å². The maximum absolute atomic E-state index is 12.0. The molecule has 2 aromatic heterocycles. The predicted octanol–water partition coefficient (Wildman–Crippen LogP) is 2.13. The lowest BCUT2D eigenvalue weighted by Crippen LogP contribution is -2.50. The number of carbonyl (C=O) groups excluding carboxylic acids is 1. The van der Waals surface area contributed by atoms with Crippen LogP contribution in [0.15, 0.2) is 24.5 Å². The summed E-state index contributed by atoms with van der Waals surface area (Å²) in [5.41, 5.74) is 2.81. The highest BCUT2D eigenvalue weighted by Crippen LogP contribution is 2.30. The van der Waals surface area contributed by atoms with Crippen LogP contribution in [0.25, 0.3) is 10.9 Å². The summed E-state index contributed by atoms with van der Waals surface area (Å²) in [6.07, 6.45) is 4.39. The first kappa shape index (κ1) is 18.1. The number of pyridine rings is 2. The Labute approximate surface area is 152 Å². The molecule has 0 bridgehead atoms. The number of aromatic nitrogens is 2. The smallest absolute Gasteiger partial charge is 0.303 e. The van der Waals surface area contributed by atoms with E-state index < -0.39 is 5.97 Å². The summed E-state index contributed by atoms with van der Waals surface area (Å²) in [7, 11) is 0. The average Bonchev–Trinajstić information content (AvgIpc) is 2.60. The lowest BCUT2D eigenvalue weighted by atomic mass is 9.95. The van der Waals surface area contributed by atoms with E-state index in [0.717, 1.165) is 35.2 Å². The van der Waals surface area contributed by atoms with Crippen LogP contribution in [0.3, 0.4) is 0 Å². The van der Waals surface area contributed by atoms with Gasteiger partial charge in [-0.25, -0.2) is 0 Å². The van der Waals surface area contributed by atoms with Gasteiger partial charge >= 0.3 is 5.97 Å². The van der Waals surface area contributed by atoms with Crippen LogP contribution in [-0.2, 0) is 9.59 Å². The van der Waals surface area contributed by atoms with Gasteiger partial charge in [-0.05, 0) is 31.4 Å². The number of piperidine rings is 1. The van der Waals surface area contributed by atoms with Crippen LogP contribution >= 0.6 is 0 Å². The Morgan fingerprint density at radius 3 is 2.88 bits per heavy atom. The van der Waals surface area contributed by atoms with Crippen molar-refractivity contribution in [3.63, 3.8) is 0 Å². The van der Waals surface area contributed by atoms with E-state index >= 15 is 0 Å². The number of hydrogen-bond donors (Lipinski definition) is 2. The van der Waals surface area contributed by atoms with Crippen LogP contribution in [-0.4, -0.2) is 46.1 Å². The number of rotatable bonds is 5. The molecule has 0 aromatic carbocycles. The molecule has 1 aliphatic rings. The summed E-state index contributed by atoms with van der Waals surface area (Å²) in [6.45, 7) is 5.67. The fourth-order valence-corrected chi connectivity index (χ4v) is 3.61. The molecule has 0 spiro atoms. The second-order valence-electron chi connectivity index (χ2n) is 7.03. The van der Waals surface area contributed by atoms with Crippen molar-refractivity contribution in [2.75, 3.05) is 18.0 Å². The number of aliphatic carboxylic acids is 1. The highest BCUT2D eigenvalue weighted by atomic mass is 16.4. The second kappa shape index (κ2) is 7.68. The molecule has 3 rings (SSSR count). The number of carboxylic acids is 1. The summed E-state index contributed by atoms with van der Waals surface area (Å²) in [6, 6.07) is 3.96. The normalized spacial score (nSPS) is 20.2. The van der Waals surface area contributed by atoms with Crippen molar-refractivity contribution in [3.8, 4) is 0 Å². The van der Waals surface area contributed by atoms with Gasteiger partial charge in [0, 0.05) is 37.1 Å². The van der Waals surface area contributed by atoms with E-state index in [9.17, 15) is 9.59 Å². The molecule has 7 heteroatoms. The van der Waals surface area contributed by atoms with E-state index in [2.05, 4.69) is 27.1 Å². The van der Waals surface area contributed by atoms with E-state index in [1.54, 1.807) is 6.20 Å². The monoisotopic (exact) mass is 356 g/mol. The van der Waals surface area contributed by atoms with Gasteiger partial charge in [0.05, 0.1) is 29.5 Å². The van der Waals surface area contributed by atoms with Crippen molar-refractivity contribution in [1.82, 2.24) is 15.3 Å². The van der Waals surface area contributed by atoms with Gasteiger partial charge in [-0.2, -0.15) is 0 Å². The van der Waals surface area contributed by atoms with Crippen molar-refractivity contribution in [2.24, 2.45) is 5.92 Å². The Hall–Kier alpha value is -2.70. The zero-order valence-corrected chi connectivity index (χ0v) is 15.1. The van der Waals surface area contributed by atoms with Crippen molar-refractivity contribution in [3.05, 3.63) is 30.2 Å². The number of amides is 1. The number of aryl methyl sites for hydroxylation is 1. The first-order valence-corrected chi connectivity index (χ1v) is 8.90. The number of nitrogens with one attached hydrogen (secondary N) is 1. The number of carbonyl (C=O) groups is 2. The molecule has 1 aliphatic heterocycles. The minimum absolute atomic E-state index is 0.00642. The van der Waals surface area contributed by atoms with E-state index in [4.69, 9.17) is 5.11 Å². The van der Waals surface area contributed by atoms with Gasteiger partial charge in [0.25, 0.3) is 0 Å². The molecule has 2 N–H and O–H groups in total. The zero-order valence-electron chi connectivity index (χ0n) is 15.1. The van der Waals surface area contributed by atoms with Gasteiger partial charge in [-0.3, -0.25) is 19.6 Å². The van der Waals surface area contributed by atoms with Crippen LogP contribution in [0.5, 0.6) is 0 Å². The van der Waals surface area contributed by atoms with E-state index in [1.807, 2.05) is 25.3 Å². The van der Waals surface area contributed by atoms with Gasteiger partial charge < -0.3 is 15.3 Å². The van der Waals surface area contributed by atoms with E-state index in [1.165, 1.54) is 0 Å². The Kier molecular flexibility index (Phi) is 5.35. The lowest BCUT2D eigenvalue weighted by Gasteiger charge is -2.38. The first-order chi connectivity index (χ1) is 12.4. The standard InChI is InChI=1S/C19H24N4O3/c1-12-8-14(22-17(24)5-6-18(25)26)11-23(10-12)16-9-21-13(2)19-15(16)4-3-7-20-19/h3-4,7,9,12,14H,5-6,8,10-11H2,1-2H3,(H,22,24)(H,25,26)/t12-,14+/m0/s1. The van der Waals surface area contributed by atoms with Crippen LogP contribution in [0, 0.1) is 12.8 Å². The molecule has 3 heterocycles. The van der Waals surface area contributed by atoms with E-state index in [0.29, 0.717) is 12.5 Å². The lowest BCUT2D eigenvalue weighted by molar-refractivity contribution is -0.138. The van der Waals surface area contributed by atoms with Crippen LogP contribution in [0.1, 0.15) is 31.9 Å². The van der Waals surface area contributed by atoms with Crippen molar-refractivity contribution in [2.45, 2.75) is 39.2 Å².